The third-order valence-corrected chi connectivity index (χ3v) is 3.23. The van der Waals surface area contributed by atoms with Crippen LogP contribution in [-0.2, 0) is 0 Å². The van der Waals surface area contributed by atoms with Gasteiger partial charge in [-0.2, -0.15) is 0 Å². The van der Waals surface area contributed by atoms with Gasteiger partial charge in [0.1, 0.15) is 5.75 Å². The molecule has 0 spiro atoms. The van der Waals surface area contributed by atoms with E-state index in [1.807, 2.05) is 13.8 Å². The molecule has 2 rings (SSSR count). The third kappa shape index (κ3) is 4.91. The molecule has 0 atom stereocenters. The molecule has 0 aliphatic rings. The average Bonchev–Trinajstić information content (AvgIpc) is 2.58. The van der Waals surface area contributed by atoms with Crippen molar-refractivity contribution in [3.8, 4) is 17.2 Å². The molecular weight excluding hydrogens is 306 g/mol. The van der Waals surface area contributed by atoms with Crippen LogP contribution in [0.15, 0.2) is 42.5 Å². The van der Waals surface area contributed by atoms with Crippen LogP contribution in [0.25, 0.3) is 0 Å². The molecule has 0 bridgehead atoms. The zero-order valence-electron chi connectivity index (χ0n) is 14.0. The maximum absolute atomic E-state index is 12.4. The fourth-order valence-corrected chi connectivity index (χ4v) is 2.09. The van der Waals surface area contributed by atoms with Crippen LogP contribution in [0.3, 0.4) is 0 Å². The molecular formula is C19H23NO4. The SMILES string of the molecule is CCCOc1ccc(C(=O)Nc2cccc(O)c2)cc1OCCC. The van der Waals surface area contributed by atoms with Crippen molar-refractivity contribution < 1.29 is 19.4 Å². The minimum Gasteiger partial charge on any atom is -0.508 e. The molecule has 0 heterocycles. The highest BCUT2D eigenvalue weighted by Crippen LogP contribution is 2.29. The topological polar surface area (TPSA) is 67.8 Å². The van der Waals surface area contributed by atoms with Gasteiger partial charge >= 0.3 is 0 Å². The largest absolute Gasteiger partial charge is 0.508 e. The Labute approximate surface area is 142 Å². The Kier molecular flexibility index (Phi) is 6.49. The number of phenols is 1. The van der Waals surface area contributed by atoms with Crippen molar-refractivity contribution in [2.75, 3.05) is 18.5 Å². The molecule has 0 aliphatic heterocycles. The third-order valence-electron chi connectivity index (χ3n) is 3.23. The zero-order chi connectivity index (χ0) is 17.4. The lowest BCUT2D eigenvalue weighted by atomic mass is 10.1. The van der Waals surface area contributed by atoms with E-state index < -0.39 is 0 Å². The normalized spacial score (nSPS) is 10.2. The Bertz CT molecular complexity index is 685. The van der Waals surface area contributed by atoms with E-state index in [-0.39, 0.29) is 11.7 Å². The average molecular weight is 329 g/mol. The standard InChI is InChI=1S/C19H23NO4/c1-3-10-23-17-9-8-14(12-18(17)24-11-4-2)19(22)20-15-6-5-7-16(21)13-15/h5-9,12-13,21H,3-4,10-11H2,1-2H3,(H,20,22). The molecule has 128 valence electrons. The van der Waals surface area contributed by atoms with Crippen LogP contribution < -0.4 is 14.8 Å². The van der Waals surface area contributed by atoms with E-state index in [2.05, 4.69) is 5.32 Å². The van der Waals surface area contributed by atoms with E-state index >= 15 is 0 Å². The fourth-order valence-electron chi connectivity index (χ4n) is 2.09. The zero-order valence-corrected chi connectivity index (χ0v) is 14.0. The number of phenolic OH excluding ortho intramolecular Hbond substituents is 1. The number of nitrogens with one attached hydrogen (secondary N) is 1. The Balaban J connectivity index is 2.17. The van der Waals surface area contributed by atoms with Crippen LogP contribution >= 0.6 is 0 Å². The Morgan fingerprint density at radius 1 is 1.00 bits per heavy atom. The number of ether oxygens (including phenoxy) is 2. The number of benzene rings is 2. The molecule has 5 heteroatoms. The van der Waals surface area contributed by atoms with E-state index in [0.717, 1.165) is 12.8 Å². The van der Waals surface area contributed by atoms with Gasteiger partial charge < -0.3 is 19.9 Å². The highest BCUT2D eigenvalue weighted by molar-refractivity contribution is 6.04. The van der Waals surface area contributed by atoms with Crippen LogP contribution in [0.4, 0.5) is 5.69 Å². The highest BCUT2D eigenvalue weighted by Gasteiger charge is 2.12. The quantitative estimate of drug-likeness (QED) is 0.761. The molecule has 0 aromatic heterocycles. The van der Waals surface area contributed by atoms with Crippen LogP contribution in [0.5, 0.6) is 17.2 Å². The molecule has 2 aromatic carbocycles. The summed E-state index contributed by atoms with van der Waals surface area (Å²) in [5.74, 6) is 1.03. The minimum absolute atomic E-state index is 0.100. The summed E-state index contributed by atoms with van der Waals surface area (Å²) in [7, 11) is 0. The second kappa shape index (κ2) is 8.82. The number of hydrogen-bond donors (Lipinski definition) is 2. The smallest absolute Gasteiger partial charge is 0.255 e. The number of carbonyl (C=O) groups excluding carboxylic acids is 1. The van der Waals surface area contributed by atoms with E-state index in [1.165, 1.54) is 6.07 Å². The van der Waals surface area contributed by atoms with Gasteiger partial charge in [0.25, 0.3) is 5.91 Å². The van der Waals surface area contributed by atoms with Crippen molar-refractivity contribution >= 4 is 11.6 Å². The van der Waals surface area contributed by atoms with Crippen molar-refractivity contribution in [1.29, 1.82) is 0 Å². The first-order chi connectivity index (χ1) is 11.6. The summed E-state index contributed by atoms with van der Waals surface area (Å²) >= 11 is 0. The first-order valence-corrected chi connectivity index (χ1v) is 8.14. The number of carbonyl (C=O) groups is 1. The first-order valence-electron chi connectivity index (χ1n) is 8.14. The number of hydrogen-bond acceptors (Lipinski definition) is 4. The van der Waals surface area contributed by atoms with Gasteiger partial charge in [0.2, 0.25) is 0 Å². The van der Waals surface area contributed by atoms with E-state index in [1.54, 1.807) is 36.4 Å². The Hall–Kier alpha value is -2.69. The lowest BCUT2D eigenvalue weighted by Crippen LogP contribution is -2.12. The molecule has 0 aliphatic carbocycles. The molecule has 2 N–H and O–H groups in total. The van der Waals surface area contributed by atoms with Crippen molar-refractivity contribution in [1.82, 2.24) is 0 Å². The molecule has 1 amide bonds. The van der Waals surface area contributed by atoms with E-state index in [9.17, 15) is 9.90 Å². The van der Waals surface area contributed by atoms with Crippen LogP contribution in [0, 0.1) is 0 Å². The molecule has 0 saturated heterocycles. The van der Waals surface area contributed by atoms with Crippen molar-refractivity contribution in [2.45, 2.75) is 26.7 Å². The number of aromatic hydroxyl groups is 1. The summed E-state index contributed by atoms with van der Waals surface area (Å²) < 4.78 is 11.4. The lowest BCUT2D eigenvalue weighted by molar-refractivity contribution is 0.102. The molecule has 2 aromatic rings. The maximum atomic E-state index is 12.4. The highest BCUT2D eigenvalue weighted by atomic mass is 16.5. The van der Waals surface area contributed by atoms with Crippen LogP contribution in [0.2, 0.25) is 0 Å². The van der Waals surface area contributed by atoms with Crippen LogP contribution in [-0.4, -0.2) is 24.2 Å². The van der Waals surface area contributed by atoms with Gasteiger partial charge in [-0.05, 0) is 43.2 Å². The van der Waals surface area contributed by atoms with Crippen molar-refractivity contribution in [3.05, 3.63) is 48.0 Å². The predicted molar refractivity (Wildman–Crippen MR) is 94.1 cm³/mol. The van der Waals surface area contributed by atoms with Gasteiger partial charge in [0.15, 0.2) is 11.5 Å². The fraction of sp³-hybridized carbons (Fsp3) is 0.316. The van der Waals surface area contributed by atoms with Gasteiger partial charge in [0, 0.05) is 17.3 Å². The van der Waals surface area contributed by atoms with Crippen molar-refractivity contribution in [2.24, 2.45) is 0 Å². The number of amides is 1. The second-order valence-corrected chi connectivity index (χ2v) is 5.36. The lowest BCUT2D eigenvalue weighted by Gasteiger charge is -2.13. The summed E-state index contributed by atoms with van der Waals surface area (Å²) in [5.41, 5.74) is 0.996. The first kappa shape index (κ1) is 17.7. The van der Waals surface area contributed by atoms with Crippen molar-refractivity contribution in [3.63, 3.8) is 0 Å². The predicted octanol–water partition coefficient (Wildman–Crippen LogP) is 4.22. The summed E-state index contributed by atoms with van der Waals surface area (Å²) in [4.78, 5) is 12.4. The van der Waals surface area contributed by atoms with E-state index in [4.69, 9.17) is 9.47 Å². The van der Waals surface area contributed by atoms with Gasteiger partial charge in [0.05, 0.1) is 13.2 Å². The summed E-state index contributed by atoms with van der Waals surface area (Å²) in [6, 6.07) is 11.5. The maximum Gasteiger partial charge on any atom is 0.255 e. The number of anilines is 1. The molecule has 5 nitrogen and oxygen atoms in total. The monoisotopic (exact) mass is 329 g/mol. The Morgan fingerprint density at radius 2 is 1.71 bits per heavy atom. The molecule has 0 radical (unpaired) electrons. The van der Waals surface area contributed by atoms with E-state index in [0.29, 0.717) is 36.0 Å². The summed E-state index contributed by atoms with van der Waals surface area (Å²) in [5, 5.41) is 12.2. The Morgan fingerprint density at radius 3 is 2.38 bits per heavy atom. The van der Waals surface area contributed by atoms with Gasteiger partial charge in [-0.15, -0.1) is 0 Å². The molecule has 0 unspecified atom stereocenters. The minimum atomic E-state index is -0.274. The number of rotatable bonds is 8. The summed E-state index contributed by atoms with van der Waals surface area (Å²) in [6.45, 7) is 5.20. The van der Waals surface area contributed by atoms with Gasteiger partial charge in [-0.1, -0.05) is 19.9 Å². The molecule has 24 heavy (non-hydrogen) atoms. The second-order valence-electron chi connectivity index (χ2n) is 5.36. The van der Waals surface area contributed by atoms with Crippen LogP contribution in [0.1, 0.15) is 37.0 Å². The van der Waals surface area contributed by atoms with Gasteiger partial charge in [-0.3, -0.25) is 4.79 Å². The molecule has 0 fully saturated rings. The molecule has 0 saturated carbocycles. The summed E-state index contributed by atoms with van der Waals surface area (Å²) in [6.07, 6.45) is 1.76. The van der Waals surface area contributed by atoms with Gasteiger partial charge in [-0.25, -0.2) is 0 Å².